The number of ether oxygens (including phenoxy) is 1. The number of nitrogens with one attached hydrogen (secondary N) is 1. The van der Waals surface area contributed by atoms with Crippen molar-refractivity contribution < 1.29 is 19.4 Å². The molecule has 0 saturated carbocycles. The Morgan fingerprint density at radius 2 is 2.04 bits per heavy atom. The second kappa shape index (κ2) is 7.90. The Bertz CT molecular complexity index is 802. The number of aliphatic carboxylic acids is 1. The molecular weight excluding hydrogens is 336 g/mol. The van der Waals surface area contributed by atoms with Gasteiger partial charge in [0, 0.05) is 37.2 Å². The first kappa shape index (κ1) is 17.8. The molecule has 0 aliphatic carbocycles. The summed E-state index contributed by atoms with van der Waals surface area (Å²) in [4.78, 5) is 24.6. The molecule has 8 heteroatoms. The number of anilines is 3. The molecule has 26 heavy (non-hydrogen) atoms. The van der Waals surface area contributed by atoms with Gasteiger partial charge < -0.3 is 20.1 Å². The van der Waals surface area contributed by atoms with E-state index in [0.717, 1.165) is 30.3 Å². The van der Waals surface area contributed by atoms with Crippen LogP contribution in [0, 0.1) is 0 Å². The van der Waals surface area contributed by atoms with Crippen LogP contribution >= 0.6 is 0 Å². The monoisotopic (exact) mass is 358 g/mol. The smallest absolute Gasteiger partial charge is 0.303 e. The SMILES string of the molecule is COc1cccc(N2CCn3nc(NC(=O)CCCCC(=O)O)cc32)c1. The average Bonchev–Trinajstić information content (AvgIpc) is 3.18. The Morgan fingerprint density at radius 1 is 1.23 bits per heavy atom. The standard InChI is InChI=1S/C18H22N4O4/c1-26-14-6-4-5-13(11-14)21-9-10-22-17(21)12-15(20-22)19-16(23)7-2-3-8-18(24)25/h4-6,11-12H,2-3,7-10H2,1H3,(H,24,25)(H,19,20,23). The van der Waals surface area contributed by atoms with E-state index in [1.54, 1.807) is 7.11 Å². The highest BCUT2D eigenvalue weighted by atomic mass is 16.5. The Kier molecular flexibility index (Phi) is 5.40. The summed E-state index contributed by atoms with van der Waals surface area (Å²) in [6.45, 7) is 1.54. The van der Waals surface area contributed by atoms with Crippen molar-refractivity contribution in [3.63, 3.8) is 0 Å². The van der Waals surface area contributed by atoms with E-state index in [0.29, 0.717) is 18.7 Å². The van der Waals surface area contributed by atoms with Crippen molar-refractivity contribution in [3.05, 3.63) is 30.3 Å². The third-order valence-electron chi connectivity index (χ3n) is 4.25. The van der Waals surface area contributed by atoms with Crippen LogP contribution in [0.2, 0.25) is 0 Å². The lowest BCUT2D eigenvalue weighted by Crippen LogP contribution is -2.14. The lowest BCUT2D eigenvalue weighted by molar-refractivity contribution is -0.137. The van der Waals surface area contributed by atoms with Crippen molar-refractivity contribution >= 4 is 29.2 Å². The molecule has 1 aliphatic heterocycles. The Labute approximate surface area is 151 Å². The number of fused-ring (bicyclic) bond motifs is 1. The highest BCUT2D eigenvalue weighted by Gasteiger charge is 2.23. The first-order valence-corrected chi connectivity index (χ1v) is 8.58. The molecule has 2 N–H and O–H groups in total. The van der Waals surface area contributed by atoms with Gasteiger partial charge >= 0.3 is 5.97 Å². The number of carboxylic acid groups (broad SMARTS) is 1. The van der Waals surface area contributed by atoms with Gasteiger partial charge in [0.15, 0.2) is 5.82 Å². The summed E-state index contributed by atoms with van der Waals surface area (Å²) in [5, 5.41) is 15.8. The fourth-order valence-electron chi connectivity index (χ4n) is 2.97. The van der Waals surface area contributed by atoms with Crippen LogP contribution in [0.15, 0.2) is 30.3 Å². The number of unbranched alkanes of at least 4 members (excludes halogenated alkanes) is 1. The predicted octanol–water partition coefficient (Wildman–Crippen LogP) is 2.63. The fraction of sp³-hybridized carbons (Fsp3) is 0.389. The quantitative estimate of drug-likeness (QED) is 0.704. The number of methoxy groups -OCH3 is 1. The molecule has 0 spiro atoms. The van der Waals surface area contributed by atoms with Gasteiger partial charge in [-0.25, -0.2) is 4.68 Å². The number of rotatable bonds is 8. The summed E-state index contributed by atoms with van der Waals surface area (Å²) < 4.78 is 7.14. The summed E-state index contributed by atoms with van der Waals surface area (Å²) in [5.41, 5.74) is 1.01. The zero-order chi connectivity index (χ0) is 18.5. The third-order valence-corrected chi connectivity index (χ3v) is 4.25. The average molecular weight is 358 g/mol. The number of carbonyl (C=O) groups excluding carboxylic acids is 1. The third kappa shape index (κ3) is 4.14. The predicted molar refractivity (Wildman–Crippen MR) is 97.0 cm³/mol. The minimum Gasteiger partial charge on any atom is -0.497 e. The number of hydrogen-bond donors (Lipinski definition) is 2. The molecule has 2 heterocycles. The molecule has 1 aromatic carbocycles. The van der Waals surface area contributed by atoms with Gasteiger partial charge in [0.1, 0.15) is 11.6 Å². The highest BCUT2D eigenvalue weighted by molar-refractivity contribution is 5.90. The molecule has 138 valence electrons. The molecule has 3 rings (SSSR count). The normalized spacial score (nSPS) is 12.7. The molecule has 0 bridgehead atoms. The van der Waals surface area contributed by atoms with Crippen LogP contribution in [0.5, 0.6) is 5.75 Å². The lowest BCUT2D eigenvalue weighted by atomic mass is 10.2. The van der Waals surface area contributed by atoms with Gasteiger partial charge in [0.05, 0.1) is 13.7 Å². The number of amides is 1. The van der Waals surface area contributed by atoms with Crippen LogP contribution in [0.1, 0.15) is 25.7 Å². The van der Waals surface area contributed by atoms with Gasteiger partial charge in [0.25, 0.3) is 0 Å². The minimum atomic E-state index is -0.839. The lowest BCUT2D eigenvalue weighted by Gasteiger charge is -2.17. The van der Waals surface area contributed by atoms with E-state index in [4.69, 9.17) is 9.84 Å². The summed E-state index contributed by atoms with van der Waals surface area (Å²) in [5.74, 6) is 1.22. The number of carboxylic acids is 1. The van der Waals surface area contributed by atoms with Gasteiger partial charge in [-0.2, -0.15) is 5.10 Å². The van der Waals surface area contributed by atoms with Crippen molar-refractivity contribution in [1.29, 1.82) is 0 Å². The van der Waals surface area contributed by atoms with Crippen molar-refractivity contribution in [3.8, 4) is 5.75 Å². The first-order valence-electron chi connectivity index (χ1n) is 8.58. The largest absolute Gasteiger partial charge is 0.497 e. The number of aromatic nitrogens is 2. The minimum absolute atomic E-state index is 0.0849. The van der Waals surface area contributed by atoms with Gasteiger partial charge in [-0.05, 0) is 25.0 Å². The van der Waals surface area contributed by atoms with Crippen molar-refractivity contribution in [2.24, 2.45) is 0 Å². The van der Waals surface area contributed by atoms with Gasteiger partial charge in [-0.15, -0.1) is 0 Å². The summed E-state index contributed by atoms with van der Waals surface area (Å²) in [6.07, 6.45) is 1.41. The fourth-order valence-corrected chi connectivity index (χ4v) is 2.97. The zero-order valence-electron chi connectivity index (χ0n) is 14.6. The van der Waals surface area contributed by atoms with Crippen molar-refractivity contribution in [2.75, 3.05) is 23.9 Å². The van der Waals surface area contributed by atoms with Crippen LogP contribution in [0.3, 0.4) is 0 Å². The van der Waals surface area contributed by atoms with Gasteiger partial charge in [0.2, 0.25) is 5.91 Å². The maximum atomic E-state index is 12.0. The van der Waals surface area contributed by atoms with Gasteiger partial charge in [-0.1, -0.05) is 6.07 Å². The van der Waals surface area contributed by atoms with E-state index < -0.39 is 5.97 Å². The Balaban J connectivity index is 1.61. The van der Waals surface area contributed by atoms with Crippen molar-refractivity contribution in [2.45, 2.75) is 32.2 Å². The highest BCUT2D eigenvalue weighted by Crippen LogP contribution is 2.33. The van der Waals surface area contributed by atoms with E-state index in [2.05, 4.69) is 15.3 Å². The van der Waals surface area contributed by atoms with E-state index in [1.165, 1.54) is 0 Å². The topological polar surface area (TPSA) is 96.7 Å². The van der Waals surface area contributed by atoms with Crippen molar-refractivity contribution in [1.82, 2.24) is 9.78 Å². The van der Waals surface area contributed by atoms with Crippen LogP contribution in [-0.2, 0) is 16.1 Å². The zero-order valence-corrected chi connectivity index (χ0v) is 14.6. The molecule has 1 aromatic heterocycles. The number of carbonyl (C=O) groups is 2. The molecule has 0 radical (unpaired) electrons. The van der Waals surface area contributed by atoms with Crippen LogP contribution in [0.25, 0.3) is 0 Å². The number of benzene rings is 1. The molecule has 0 fully saturated rings. The molecule has 0 saturated heterocycles. The van der Waals surface area contributed by atoms with Crippen LogP contribution in [0.4, 0.5) is 17.3 Å². The molecule has 2 aromatic rings. The first-order chi connectivity index (χ1) is 12.6. The maximum Gasteiger partial charge on any atom is 0.303 e. The second-order valence-corrected chi connectivity index (χ2v) is 6.11. The summed E-state index contributed by atoms with van der Waals surface area (Å²) in [6, 6.07) is 9.65. The maximum absolute atomic E-state index is 12.0. The second-order valence-electron chi connectivity index (χ2n) is 6.11. The molecular formula is C18H22N4O4. The molecule has 1 amide bonds. The Morgan fingerprint density at radius 3 is 2.81 bits per heavy atom. The summed E-state index contributed by atoms with van der Waals surface area (Å²) >= 11 is 0. The summed E-state index contributed by atoms with van der Waals surface area (Å²) in [7, 11) is 1.64. The van der Waals surface area contributed by atoms with Gasteiger partial charge in [-0.3, -0.25) is 9.59 Å². The molecule has 8 nitrogen and oxygen atoms in total. The molecule has 0 atom stereocenters. The van der Waals surface area contributed by atoms with E-state index >= 15 is 0 Å². The van der Waals surface area contributed by atoms with E-state index in [9.17, 15) is 9.59 Å². The number of hydrogen-bond acceptors (Lipinski definition) is 5. The number of nitrogens with zero attached hydrogens (tertiary/aromatic N) is 3. The van der Waals surface area contributed by atoms with Crippen LogP contribution < -0.4 is 15.0 Å². The van der Waals surface area contributed by atoms with E-state index in [-0.39, 0.29) is 18.7 Å². The van der Waals surface area contributed by atoms with E-state index in [1.807, 2.05) is 35.0 Å². The Hall–Kier alpha value is -3.03. The van der Waals surface area contributed by atoms with Crippen LogP contribution in [-0.4, -0.2) is 40.4 Å². The molecule has 1 aliphatic rings. The molecule has 0 unspecified atom stereocenters.